The molecule has 30 heavy (non-hydrogen) atoms. The zero-order valence-electron chi connectivity index (χ0n) is 16.8. The number of nitrogens with zero attached hydrogens (tertiary/aromatic N) is 2. The third-order valence-corrected chi connectivity index (χ3v) is 5.81. The Hall–Kier alpha value is -2.77. The van der Waals surface area contributed by atoms with Crippen molar-refractivity contribution in [2.24, 2.45) is 5.10 Å². The highest BCUT2D eigenvalue weighted by molar-refractivity contribution is 6.30. The van der Waals surface area contributed by atoms with Gasteiger partial charge in [-0.15, -0.1) is 5.10 Å². The van der Waals surface area contributed by atoms with Gasteiger partial charge in [-0.25, -0.2) is 5.43 Å². The second-order valence-corrected chi connectivity index (χ2v) is 8.10. The van der Waals surface area contributed by atoms with Gasteiger partial charge in [0.25, 0.3) is 0 Å². The third kappa shape index (κ3) is 4.22. The van der Waals surface area contributed by atoms with E-state index in [0.29, 0.717) is 54.6 Å². The Labute approximate surface area is 179 Å². The molecule has 2 aliphatic rings. The van der Waals surface area contributed by atoms with Crippen LogP contribution in [0.4, 0.5) is 0 Å². The molecule has 0 saturated carbocycles. The molecule has 2 aliphatic heterocycles. The third-order valence-electron chi connectivity index (χ3n) is 5.56. The van der Waals surface area contributed by atoms with Crippen molar-refractivity contribution in [2.75, 3.05) is 13.1 Å². The van der Waals surface area contributed by atoms with Crippen LogP contribution in [-0.2, 0) is 15.1 Å². The number of ether oxygens (including phenoxy) is 1. The lowest BCUT2D eigenvalue weighted by Gasteiger charge is -2.38. The van der Waals surface area contributed by atoms with Crippen LogP contribution in [0.3, 0.4) is 0 Å². The molecule has 1 fully saturated rings. The van der Waals surface area contributed by atoms with E-state index in [1.165, 1.54) is 0 Å². The van der Waals surface area contributed by atoms with E-state index in [-0.39, 0.29) is 12.3 Å². The number of carbonyl (C=O) groups is 1. The number of aryl methyl sites for hydroxylation is 1. The van der Waals surface area contributed by atoms with Crippen LogP contribution in [0.25, 0.3) is 12.5 Å². The van der Waals surface area contributed by atoms with Gasteiger partial charge in [-0.2, -0.15) is 0 Å². The minimum atomic E-state index is -0.928. The zero-order valence-corrected chi connectivity index (χ0v) is 17.5. The first-order valence-corrected chi connectivity index (χ1v) is 10.3. The van der Waals surface area contributed by atoms with Crippen molar-refractivity contribution in [1.82, 2.24) is 10.3 Å². The van der Waals surface area contributed by atoms with Gasteiger partial charge in [0.1, 0.15) is 11.2 Å². The molecular formula is C22H24ClN3O4. The molecule has 1 aromatic heterocycles. The molecule has 0 aliphatic carbocycles. The molecule has 1 saturated heterocycles. The van der Waals surface area contributed by atoms with Gasteiger partial charge >= 0.3 is 0 Å². The van der Waals surface area contributed by atoms with E-state index in [1.807, 2.05) is 25.1 Å². The Balaban J connectivity index is 1.30. The molecule has 1 amide bonds. The topological polar surface area (TPSA) is 87.3 Å². The number of carbonyl (C=O) groups excluding carboxylic acids is 1. The van der Waals surface area contributed by atoms with Crippen LogP contribution in [0, 0.1) is 6.92 Å². The van der Waals surface area contributed by atoms with Gasteiger partial charge in [0.05, 0.1) is 10.8 Å². The molecule has 2 aromatic rings. The number of furan rings is 1. The first-order chi connectivity index (χ1) is 14.3. The normalized spacial score (nSPS) is 19.8. The highest BCUT2D eigenvalue weighted by atomic mass is 35.5. The van der Waals surface area contributed by atoms with Gasteiger partial charge in [0.15, 0.2) is 0 Å². The summed E-state index contributed by atoms with van der Waals surface area (Å²) in [6.45, 7) is 6.67. The average Bonchev–Trinajstić information content (AvgIpc) is 3.32. The van der Waals surface area contributed by atoms with Crippen LogP contribution in [0.2, 0.25) is 5.02 Å². The number of amides is 1. The average molecular weight is 430 g/mol. The Kier molecular flexibility index (Phi) is 5.58. The molecule has 0 radical (unpaired) electrons. The van der Waals surface area contributed by atoms with Crippen molar-refractivity contribution in [3.05, 3.63) is 57.3 Å². The standard InChI is InChI=1S/C22H24ClN3O4/c1-14-13-18(15(2)29-14)21-25-24-19(30-21)7-8-20(27)26-11-9-22(28,10-12-26)16-3-5-17(23)6-4-16/h3-6,13,25,28H,2,7-12H2,1H3. The Morgan fingerprint density at radius 2 is 2.03 bits per heavy atom. The summed E-state index contributed by atoms with van der Waals surface area (Å²) in [6.07, 6.45) is 1.65. The van der Waals surface area contributed by atoms with Crippen molar-refractivity contribution < 1.29 is 19.1 Å². The number of benzene rings is 1. The first-order valence-electron chi connectivity index (χ1n) is 9.90. The molecule has 7 nitrogen and oxygen atoms in total. The molecule has 0 atom stereocenters. The zero-order chi connectivity index (χ0) is 21.3. The molecule has 8 heteroatoms. The fourth-order valence-corrected chi connectivity index (χ4v) is 3.93. The van der Waals surface area contributed by atoms with Crippen molar-refractivity contribution >= 4 is 35.9 Å². The molecule has 158 valence electrons. The van der Waals surface area contributed by atoms with Crippen LogP contribution in [0.1, 0.15) is 37.0 Å². The second kappa shape index (κ2) is 8.16. The largest absolute Gasteiger partial charge is 0.462 e. The van der Waals surface area contributed by atoms with Gasteiger partial charge in [-0.05, 0) is 43.5 Å². The predicted molar refractivity (Wildman–Crippen MR) is 114 cm³/mol. The number of piperidine rings is 1. The van der Waals surface area contributed by atoms with Gasteiger partial charge in [0, 0.05) is 31.0 Å². The summed E-state index contributed by atoms with van der Waals surface area (Å²) in [4.78, 5) is 14.4. The maximum atomic E-state index is 12.6. The van der Waals surface area contributed by atoms with E-state index in [4.69, 9.17) is 20.8 Å². The number of rotatable bonds is 4. The number of hydrogen-bond donors (Lipinski definition) is 2. The molecular weight excluding hydrogens is 406 g/mol. The van der Waals surface area contributed by atoms with Gasteiger partial charge in [-0.1, -0.05) is 30.3 Å². The maximum Gasteiger partial charge on any atom is 0.226 e. The van der Waals surface area contributed by atoms with Crippen LogP contribution < -0.4 is 16.1 Å². The van der Waals surface area contributed by atoms with Crippen LogP contribution in [0.15, 0.2) is 39.9 Å². The van der Waals surface area contributed by atoms with Gasteiger partial charge < -0.3 is 19.2 Å². The number of hydrazone groups is 1. The van der Waals surface area contributed by atoms with Gasteiger partial charge in [0.2, 0.25) is 17.7 Å². The van der Waals surface area contributed by atoms with Crippen molar-refractivity contribution in [1.29, 1.82) is 0 Å². The lowest BCUT2D eigenvalue weighted by molar-refractivity contribution is -0.135. The van der Waals surface area contributed by atoms with Crippen molar-refractivity contribution in [2.45, 2.75) is 38.2 Å². The highest BCUT2D eigenvalue weighted by Gasteiger charge is 2.35. The van der Waals surface area contributed by atoms with Crippen LogP contribution in [0.5, 0.6) is 0 Å². The minimum Gasteiger partial charge on any atom is -0.462 e. The molecule has 0 spiro atoms. The van der Waals surface area contributed by atoms with E-state index in [9.17, 15) is 9.90 Å². The van der Waals surface area contributed by atoms with Crippen LogP contribution >= 0.6 is 11.6 Å². The maximum absolute atomic E-state index is 12.6. The second-order valence-electron chi connectivity index (χ2n) is 7.66. The predicted octanol–water partition coefficient (Wildman–Crippen LogP) is 1.94. The highest BCUT2D eigenvalue weighted by Crippen LogP contribution is 2.33. The van der Waals surface area contributed by atoms with E-state index >= 15 is 0 Å². The summed E-state index contributed by atoms with van der Waals surface area (Å²) >= 11 is 5.93. The Bertz CT molecular complexity index is 1080. The molecule has 3 heterocycles. The number of halogens is 1. The van der Waals surface area contributed by atoms with Crippen molar-refractivity contribution in [3.63, 3.8) is 0 Å². The number of hydrogen-bond acceptors (Lipinski definition) is 6. The summed E-state index contributed by atoms with van der Waals surface area (Å²) in [5.74, 6) is 1.67. The lowest BCUT2D eigenvalue weighted by Crippen LogP contribution is -2.45. The fraction of sp³-hybridized carbons (Fsp3) is 0.364. The summed E-state index contributed by atoms with van der Waals surface area (Å²) in [7, 11) is 0. The monoisotopic (exact) mass is 429 g/mol. The van der Waals surface area contributed by atoms with E-state index < -0.39 is 5.60 Å². The number of likely N-dealkylation sites (tertiary alicyclic amines) is 1. The molecule has 1 aromatic carbocycles. The summed E-state index contributed by atoms with van der Waals surface area (Å²) in [5.41, 5.74) is 3.24. The fourth-order valence-electron chi connectivity index (χ4n) is 3.80. The Morgan fingerprint density at radius 3 is 2.67 bits per heavy atom. The molecule has 2 N–H and O–H groups in total. The summed E-state index contributed by atoms with van der Waals surface area (Å²) < 4.78 is 11.1. The quantitative estimate of drug-likeness (QED) is 0.775. The van der Waals surface area contributed by atoms with Crippen LogP contribution in [-0.4, -0.2) is 34.9 Å². The summed E-state index contributed by atoms with van der Waals surface area (Å²) in [5, 5.41) is 16.5. The van der Waals surface area contributed by atoms with Gasteiger partial charge in [-0.3, -0.25) is 4.79 Å². The van der Waals surface area contributed by atoms with E-state index in [0.717, 1.165) is 16.5 Å². The molecule has 4 rings (SSSR count). The Morgan fingerprint density at radius 1 is 1.33 bits per heavy atom. The number of nitrogens with one attached hydrogen (secondary N) is 1. The SMILES string of the molecule is C=c1oc(C)cc1=C1NN=C(CCC(=O)N2CCC(O)(c3ccc(Cl)cc3)CC2)O1. The minimum absolute atomic E-state index is 0.0184. The molecule has 0 unspecified atom stereocenters. The summed E-state index contributed by atoms with van der Waals surface area (Å²) in [6, 6.07) is 9.06. The smallest absolute Gasteiger partial charge is 0.226 e. The lowest BCUT2D eigenvalue weighted by atomic mass is 9.84. The van der Waals surface area contributed by atoms with E-state index in [1.54, 1.807) is 17.0 Å². The number of aliphatic hydroxyl groups is 1. The van der Waals surface area contributed by atoms with E-state index in [2.05, 4.69) is 17.1 Å². The van der Waals surface area contributed by atoms with Crippen molar-refractivity contribution in [3.8, 4) is 0 Å². The molecule has 0 bridgehead atoms. The first kappa shape index (κ1) is 20.5.